The van der Waals surface area contributed by atoms with E-state index in [9.17, 15) is 0 Å². The van der Waals surface area contributed by atoms with E-state index in [-0.39, 0.29) is 0 Å². The standard InChI is InChI=1S/C64H45N3/c1-7-21-49(22-8-1)65(50-23-9-2-10-24-50)55-39-34-46(35-40-55)59-44-61-62(67(53-29-15-5-16-30-53)54-31-17-6-18-32-54)45-60(58-43-38-48-20-19-33-57(59)63(48)64(58)61)47-36-41-56(42-37-47)66(51-25-11-3-12-26-51)52-27-13-4-14-28-52/h1-45H. The number of rotatable bonds is 11. The molecule has 0 aliphatic rings. The molecular formula is C64H45N3. The van der Waals surface area contributed by atoms with Crippen molar-refractivity contribution < 1.29 is 0 Å². The lowest BCUT2D eigenvalue weighted by Gasteiger charge is -2.29. The van der Waals surface area contributed by atoms with Gasteiger partial charge in [-0.3, -0.25) is 0 Å². The van der Waals surface area contributed by atoms with Gasteiger partial charge < -0.3 is 14.7 Å². The van der Waals surface area contributed by atoms with E-state index in [0.717, 1.165) is 62.3 Å². The molecule has 67 heavy (non-hydrogen) atoms. The lowest BCUT2D eigenvalue weighted by atomic mass is 9.85. The van der Waals surface area contributed by atoms with Crippen molar-refractivity contribution in [3.63, 3.8) is 0 Å². The average molecular weight is 856 g/mol. The van der Waals surface area contributed by atoms with Crippen LogP contribution in [0, 0.1) is 0 Å². The Bertz CT molecular complexity index is 3460. The summed E-state index contributed by atoms with van der Waals surface area (Å²) in [5.74, 6) is 0. The second-order valence-electron chi connectivity index (χ2n) is 16.9. The van der Waals surface area contributed by atoms with Gasteiger partial charge in [0, 0.05) is 56.3 Å². The molecule has 0 atom stereocenters. The Morgan fingerprint density at radius 1 is 0.209 bits per heavy atom. The predicted octanol–water partition coefficient (Wildman–Crippen LogP) is 18.3. The molecule has 0 aliphatic carbocycles. The van der Waals surface area contributed by atoms with E-state index in [0.29, 0.717) is 0 Å². The van der Waals surface area contributed by atoms with Gasteiger partial charge in [-0.1, -0.05) is 164 Å². The first-order valence-corrected chi connectivity index (χ1v) is 22.9. The third-order valence-electron chi connectivity index (χ3n) is 12.9. The normalized spacial score (nSPS) is 11.3. The summed E-state index contributed by atoms with van der Waals surface area (Å²) in [5.41, 5.74) is 14.7. The van der Waals surface area contributed by atoms with Crippen LogP contribution in [-0.2, 0) is 0 Å². The summed E-state index contributed by atoms with van der Waals surface area (Å²) >= 11 is 0. The molecule has 0 amide bonds. The fraction of sp³-hybridized carbons (Fsp3) is 0. The molecule has 3 heteroatoms. The van der Waals surface area contributed by atoms with E-state index in [1.54, 1.807) is 0 Å². The molecule has 0 radical (unpaired) electrons. The zero-order valence-corrected chi connectivity index (χ0v) is 36.8. The fourth-order valence-corrected chi connectivity index (χ4v) is 9.92. The Morgan fingerprint density at radius 3 is 0.955 bits per heavy atom. The number of para-hydroxylation sites is 6. The summed E-state index contributed by atoms with van der Waals surface area (Å²) in [5, 5.41) is 7.41. The molecule has 0 saturated carbocycles. The molecule has 0 fully saturated rings. The maximum absolute atomic E-state index is 2.45. The topological polar surface area (TPSA) is 9.72 Å². The zero-order chi connectivity index (χ0) is 44.5. The van der Waals surface area contributed by atoms with Crippen LogP contribution in [-0.4, -0.2) is 0 Å². The van der Waals surface area contributed by atoms with Gasteiger partial charge in [0.15, 0.2) is 0 Å². The zero-order valence-electron chi connectivity index (χ0n) is 36.8. The van der Waals surface area contributed by atoms with Crippen LogP contribution < -0.4 is 14.7 Å². The van der Waals surface area contributed by atoms with Gasteiger partial charge in [0.25, 0.3) is 0 Å². The summed E-state index contributed by atoms with van der Waals surface area (Å²) in [6, 6.07) is 98.5. The minimum Gasteiger partial charge on any atom is -0.311 e. The van der Waals surface area contributed by atoms with Gasteiger partial charge >= 0.3 is 0 Å². The Balaban J connectivity index is 1.08. The van der Waals surface area contributed by atoms with Crippen molar-refractivity contribution in [2.75, 3.05) is 14.7 Å². The van der Waals surface area contributed by atoms with Crippen molar-refractivity contribution in [3.05, 3.63) is 273 Å². The van der Waals surface area contributed by atoms with Crippen LogP contribution in [0.4, 0.5) is 51.2 Å². The second kappa shape index (κ2) is 17.2. The van der Waals surface area contributed by atoms with Gasteiger partial charge in [-0.25, -0.2) is 0 Å². The lowest BCUT2D eigenvalue weighted by Crippen LogP contribution is -2.11. The number of hydrogen-bond acceptors (Lipinski definition) is 3. The molecule has 0 heterocycles. The Hall–Kier alpha value is -8.92. The monoisotopic (exact) mass is 855 g/mol. The molecule has 316 valence electrons. The molecule has 0 saturated heterocycles. The Morgan fingerprint density at radius 2 is 0.552 bits per heavy atom. The van der Waals surface area contributed by atoms with E-state index < -0.39 is 0 Å². The Kier molecular flexibility index (Phi) is 10.2. The highest BCUT2D eigenvalue weighted by Gasteiger charge is 2.24. The second-order valence-corrected chi connectivity index (χ2v) is 16.9. The minimum absolute atomic E-state index is 1.10. The third kappa shape index (κ3) is 7.29. The van der Waals surface area contributed by atoms with Crippen LogP contribution in [0.5, 0.6) is 0 Å². The summed E-state index contributed by atoms with van der Waals surface area (Å²) in [6.07, 6.45) is 0. The first-order chi connectivity index (χ1) is 33.3. The quantitative estimate of drug-likeness (QED) is 0.120. The van der Waals surface area contributed by atoms with Crippen LogP contribution in [0.1, 0.15) is 0 Å². The van der Waals surface area contributed by atoms with Crippen molar-refractivity contribution in [1.82, 2.24) is 0 Å². The van der Waals surface area contributed by atoms with Crippen LogP contribution >= 0.6 is 0 Å². The summed E-state index contributed by atoms with van der Waals surface area (Å²) in [4.78, 5) is 7.07. The van der Waals surface area contributed by atoms with E-state index in [2.05, 4.69) is 288 Å². The van der Waals surface area contributed by atoms with Crippen molar-refractivity contribution in [3.8, 4) is 22.3 Å². The van der Waals surface area contributed by atoms with Crippen LogP contribution in [0.3, 0.4) is 0 Å². The molecule has 0 spiro atoms. The fourth-order valence-electron chi connectivity index (χ4n) is 9.92. The van der Waals surface area contributed by atoms with E-state index in [4.69, 9.17) is 0 Å². The highest BCUT2D eigenvalue weighted by Crippen LogP contribution is 2.50. The van der Waals surface area contributed by atoms with Crippen molar-refractivity contribution in [2.45, 2.75) is 0 Å². The van der Waals surface area contributed by atoms with Crippen molar-refractivity contribution in [1.29, 1.82) is 0 Å². The average Bonchev–Trinajstić information content (AvgIpc) is 3.41. The molecule has 0 bridgehead atoms. The summed E-state index contributed by atoms with van der Waals surface area (Å²) < 4.78 is 0. The molecule has 0 aliphatic heterocycles. The van der Waals surface area contributed by atoms with Crippen LogP contribution in [0.25, 0.3) is 54.6 Å². The molecular weight excluding hydrogens is 811 g/mol. The first-order valence-electron chi connectivity index (χ1n) is 22.9. The molecule has 12 aromatic rings. The number of hydrogen-bond donors (Lipinski definition) is 0. The predicted molar refractivity (Wildman–Crippen MR) is 285 cm³/mol. The lowest BCUT2D eigenvalue weighted by molar-refractivity contribution is 1.28. The SMILES string of the molecule is c1ccc(N(c2ccccc2)c2ccc(-c3cc4c(N(c5ccccc5)c5ccccc5)cc(-c5ccc(N(c6ccccc6)c6ccccc6)cc5)c5ccc6cccc3c6c54)cc2)cc1. The molecule has 3 nitrogen and oxygen atoms in total. The highest BCUT2D eigenvalue weighted by molar-refractivity contribution is 6.31. The summed E-state index contributed by atoms with van der Waals surface area (Å²) in [6.45, 7) is 0. The van der Waals surface area contributed by atoms with Crippen LogP contribution in [0.2, 0.25) is 0 Å². The van der Waals surface area contributed by atoms with Gasteiger partial charge in [-0.2, -0.15) is 0 Å². The number of benzene rings is 12. The number of anilines is 9. The van der Waals surface area contributed by atoms with Crippen molar-refractivity contribution >= 4 is 83.5 Å². The molecule has 0 N–H and O–H groups in total. The molecule has 12 aromatic carbocycles. The van der Waals surface area contributed by atoms with Gasteiger partial charge in [0.2, 0.25) is 0 Å². The van der Waals surface area contributed by atoms with Crippen molar-refractivity contribution in [2.24, 2.45) is 0 Å². The van der Waals surface area contributed by atoms with Gasteiger partial charge in [-0.05, 0) is 153 Å². The van der Waals surface area contributed by atoms with Crippen LogP contribution in [0.15, 0.2) is 273 Å². The molecule has 0 aromatic heterocycles. The number of nitrogens with zero attached hydrogens (tertiary/aromatic N) is 3. The molecule has 12 rings (SSSR count). The minimum atomic E-state index is 1.10. The molecule has 0 unspecified atom stereocenters. The third-order valence-corrected chi connectivity index (χ3v) is 12.9. The summed E-state index contributed by atoms with van der Waals surface area (Å²) in [7, 11) is 0. The highest BCUT2D eigenvalue weighted by atomic mass is 15.2. The van der Waals surface area contributed by atoms with Gasteiger partial charge in [0.1, 0.15) is 0 Å². The Labute approximate surface area is 391 Å². The van der Waals surface area contributed by atoms with E-state index in [1.807, 2.05) is 0 Å². The maximum atomic E-state index is 2.45. The maximum Gasteiger partial charge on any atom is 0.0547 e. The van der Waals surface area contributed by atoms with E-state index in [1.165, 1.54) is 43.4 Å². The smallest absolute Gasteiger partial charge is 0.0547 e. The largest absolute Gasteiger partial charge is 0.311 e. The first kappa shape index (κ1) is 39.7. The van der Waals surface area contributed by atoms with Gasteiger partial charge in [0.05, 0.1) is 5.69 Å². The van der Waals surface area contributed by atoms with Gasteiger partial charge in [-0.15, -0.1) is 0 Å². The van der Waals surface area contributed by atoms with E-state index >= 15 is 0 Å².